The van der Waals surface area contributed by atoms with Crippen LogP contribution in [0.15, 0.2) is 35.0 Å². The average Bonchev–Trinajstić information content (AvgIpc) is 3.26. The second-order valence-corrected chi connectivity index (χ2v) is 7.30. The van der Waals surface area contributed by atoms with E-state index in [9.17, 15) is 9.90 Å². The predicted octanol–water partition coefficient (Wildman–Crippen LogP) is 2.78. The highest BCUT2D eigenvalue weighted by Crippen LogP contribution is 2.25. The zero-order valence-electron chi connectivity index (χ0n) is 15.0. The zero-order valence-corrected chi connectivity index (χ0v) is 15.0. The fourth-order valence-electron chi connectivity index (χ4n) is 3.45. The smallest absolute Gasteiger partial charge is 0.289 e. The van der Waals surface area contributed by atoms with Crippen LogP contribution in [0, 0.1) is 11.8 Å². The number of carbonyl (C=O) groups is 1. The van der Waals surface area contributed by atoms with Gasteiger partial charge in [0.1, 0.15) is 5.76 Å². The molecule has 0 bridgehead atoms. The number of furan rings is 1. The van der Waals surface area contributed by atoms with Crippen LogP contribution in [0.1, 0.15) is 49.4 Å². The summed E-state index contributed by atoms with van der Waals surface area (Å²) in [7, 11) is 0. The molecule has 2 aromatic rings. The number of hydrogen-bond acceptors (Lipinski definition) is 4. The molecule has 1 aliphatic heterocycles. The normalized spacial score (nSPS) is 17.2. The first kappa shape index (κ1) is 17.7. The number of aliphatic hydroxyl groups excluding tert-OH is 1. The molecule has 3 rings (SSSR count). The Morgan fingerprint density at radius 3 is 2.76 bits per heavy atom. The van der Waals surface area contributed by atoms with E-state index in [0.717, 1.165) is 19.3 Å². The van der Waals surface area contributed by atoms with E-state index < -0.39 is 0 Å². The number of carbonyl (C=O) groups excluding carboxylic acids is 1. The minimum Gasteiger partial charge on any atom is -0.454 e. The fraction of sp³-hybridized carbons (Fsp3) is 0.579. The number of hydrogen-bond donors (Lipinski definition) is 1. The molecule has 1 saturated heterocycles. The maximum absolute atomic E-state index is 12.6. The van der Waals surface area contributed by atoms with Crippen LogP contribution in [0.2, 0.25) is 0 Å². The number of likely N-dealkylation sites (tertiary alicyclic amines) is 1. The number of aliphatic hydroxyl groups is 1. The highest BCUT2D eigenvalue weighted by Gasteiger charge is 2.29. The molecular formula is C19H27N3O3. The third kappa shape index (κ3) is 4.51. The molecule has 0 aromatic carbocycles. The second-order valence-electron chi connectivity index (χ2n) is 7.30. The summed E-state index contributed by atoms with van der Waals surface area (Å²) in [6, 6.07) is 5.42. The first-order valence-corrected chi connectivity index (χ1v) is 9.06. The van der Waals surface area contributed by atoms with Crippen LogP contribution in [0.5, 0.6) is 0 Å². The van der Waals surface area contributed by atoms with Crippen molar-refractivity contribution in [2.45, 2.75) is 45.8 Å². The lowest BCUT2D eigenvalue weighted by atomic mass is 9.87. The molecule has 0 aliphatic carbocycles. The molecule has 1 N–H and O–H groups in total. The van der Waals surface area contributed by atoms with Gasteiger partial charge in [0.2, 0.25) is 0 Å². The summed E-state index contributed by atoms with van der Waals surface area (Å²) in [4.78, 5) is 14.4. The Hall–Kier alpha value is -2.08. The molecule has 1 amide bonds. The third-order valence-electron chi connectivity index (χ3n) is 4.83. The van der Waals surface area contributed by atoms with Gasteiger partial charge >= 0.3 is 0 Å². The van der Waals surface area contributed by atoms with Gasteiger partial charge in [-0.3, -0.25) is 9.48 Å². The van der Waals surface area contributed by atoms with Gasteiger partial charge in [-0.15, -0.1) is 0 Å². The van der Waals surface area contributed by atoms with Gasteiger partial charge in [0.05, 0.1) is 12.6 Å². The van der Waals surface area contributed by atoms with Gasteiger partial charge in [0.25, 0.3) is 5.91 Å². The molecule has 6 nitrogen and oxygen atoms in total. The van der Waals surface area contributed by atoms with Gasteiger partial charge in [0, 0.05) is 25.5 Å². The predicted molar refractivity (Wildman–Crippen MR) is 94.1 cm³/mol. The summed E-state index contributed by atoms with van der Waals surface area (Å²) in [5, 5.41) is 14.4. The lowest BCUT2D eigenvalue weighted by Crippen LogP contribution is -2.41. The lowest BCUT2D eigenvalue weighted by molar-refractivity contribution is 0.0369. The van der Waals surface area contributed by atoms with Gasteiger partial charge in [-0.1, -0.05) is 13.8 Å². The third-order valence-corrected chi connectivity index (χ3v) is 4.83. The number of rotatable bonds is 6. The molecule has 0 unspecified atom stereocenters. The first-order valence-electron chi connectivity index (χ1n) is 9.06. The summed E-state index contributed by atoms with van der Waals surface area (Å²) in [6.45, 7) is 6.12. The van der Waals surface area contributed by atoms with Gasteiger partial charge in [-0.25, -0.2) is 0 Å². The maximum Gasteiger partial charge on any atom is 0.289 e. The van der Waals surface area contributed by atoms with Gasteiger partial charge in [0.15, 0.2) is 5.76 Å². The monoisotopic (exact) mass is 345 g/mol. The summed E-state index contributed by atoms with van der Waals surface area (Å²) in [5.74, 6) is 1.81. The fourth-order valence-corrected chi connectivity index (χ4v) is 3.45. The molecule has 1 atom stereocenters. The zero-order chi connectivity index (χ0) is 17.8. The summed E-state index contributed by atoms with van der Waals surface area (Å²) in [6.07, 6.45) is 5.83. The van der Waals surface area contributed by atoms with Gasteiger partial charge in [-0.2, -0.15) is 5.10 Å². The summed E-state index contributed by atoms with van der Waals surface area (Å²) >= 11 is 0. The molecular weight excluding hydrogens is 318 g/mol. The van der Waals surface area contributed by atoms with E-state index in [4.69, 9.17) is 4.42 Å². The molecule has 3 heterocycles. The van der Waals surface area contributed by atoms with Crippen LogP contribution in [0.3, 0.4) is 0 Å². The Bertz CT molecular complexity index is 670. The van der Waals surface area contributed by atoms with Crippen molar-refractivity contribution in [2.24, 2.45) is 11.8 Å². The lowest BCUT2D eigenvalue weighted by Gasteiger charge is -2.34. The van der Waals surface area contributed by atoms with Crippen LogP contribution in [0.25, 0.3) is 0 Å². The van der Waals surface area contributed by atoms with Crippen molar-refractivity contribution in [3.05, 3.63) is 42.1 Å². The van der Waals surface area contributed by atoms with E-state index >= 15 is 0 Å². The van der Waals surface area contributed by atoms with E-state index in [0.29, 0.717) is 43.0 Å². The largest absolute Gasteiger partial charge is 0.454 e. The van der Waals surface area contributed by atoms with Crippen molar-refractivity contribution in [1.29, 1.82) is 0 Å². The van der Waals surface area contributed by atoms with Crippen molar-refractivity contribution < 1.29 is 14.3 Å². The molecule has 136 valence electrons. The van der Waals surface area contributed by atoms with Crippen molar-refractivity contribution >= 4 is 5.91 Å². The quantitative estimate of drug-likeness (QED) is 0.874. The van der Waals surface area contributed by atoms with Crippen molar-refractivity contribution in [2.75, 3.05) is 13.1 Å². The molecule has 0 spiro atoms. The Morgan fingerprint density at radius 1 is 1.36 bits per heavy atom. The molecule has 6 heteroatoms. The van der Waals surface area contributed by atoms with E-state index in [-0.39, 0.29) is 12.0 Å². The maximum atomic E-state index is 12.6. The van der Waals surface area contributed by atoms with Crippen LogP contribution >= 0.6 is 0 Å². The second kappa shape index (κ2) is 7.87. The molecule has 0 saturated carbocycles. The van der Waals surface area contributed by atoms with E-state index in [1.165, 1.54) is 0 Å². The van der Waals surface area contributed by atoms with Gasteiger partial charge < -0.3 is 14.4 Å². The van der Waals surface area contributed by atoms with Crippen LogP contribution in [-0.2, 0) is 6.54 Å². The highest BCUT2D eigenvalue weighted by atomic mass is 16.4. The van der Waals surface area contributed by atoms with Crippen LogP contribution in [0.4, 0.5) is 0 Å². The van der Waals surface area contributed by atoms with Crippen LogP contribution in [-0.4, -0.2) is 44.9 Å². The minimum atomic E-state index is -0.262. The Labute approximate surface area is 148 Å². The molecule has 1 fully saturated rings. The van der Waals surface area contributed by atoms with E-state index in [1.807, 2.05) is 23.2 Å². The number of nitrogens with zero attached hydrogens (tertiary/aromatic N) is 3. The number of aromatic nitrogens is 2. The van der Waals surface area contributed by atoms with E-state index in [1.54, 1.807) is 16.9 Å². The Balaban J connectivity index is 1.53. The van der Waals surface area contributed by atoms with Crippen molar-refractivity contribution in [3.8, 4) is 0 Å². The van der Waals surface area contributed by atoms with Crippen LogP contribution < -0.4 is 0 Å². The van der Waals surface area contributed by atoms with Gasteiger partial charge in [-0.05, 0) is 49.3 Å². The van der Waals surface area contributed by atoms with Crippen molar-refractivity contribution in [1.82, 2.24) is 14.7 Å². The van der Waals surface area contributed by atoms with E-state index in [2.05, 4.69) is 18.9 Å². The van der Waals surface area contributed by atoms with Crippen molar-refractivity contribution in [3.63, 3.8) is 0 Å². The number of piperidine rings is 1. The Morgan fingerprint density at radius 2 is 2.12 bits per heavy atom. The molecule has 1 aliphatic rings. The summed E-state index contributed by atoms with van der Waals surface area (Å²) in [5.41, 5.74) is 0. The standard InChI is InChI=1S/C19H27N3O3/c1-14(2)12-17(23)15-6-10-21(11-7-15)19(24)18-5-4-16(25-18)13-22-9-3-8-20-22/h3-5,8-9,14-15,17,23H,6-7,10-13H2,1-2H3/t17-/m1/s1. The topological polar surface area (TPSA) is 71.5 Å². The Kier molecular flexibility index (Phi) is 5.58. The molecule has 25 heavy (non-hydrogen) atoms. The molecule has 2 aromatic heterocycles. The molecule has 0 radical (unpaired) electrons. The highest BCUT2D eigenvalue weighted by molar-refractivity contribution is 5.91. The first-order chi connectivity index (χ1) is 12.0. The minimum absolute atomic E-state index is 0.0662. The average molecular weight is 345 g/mol. The SMILES string of the molecule is CC(C)C[C@@H](O)C1CCN(C(=O)c2ccc(Cn3cccn3)o2)CC1. The summed E-state index contributed by atoms with van der Waals surface area (Å²) < 4.78 is 7.46. The number of amides is 1.